The number of carbonyl (C=O) groups excluding carboxylic acids is 1. The maximum Gasteiger partial charge on any atom is 0.255 e. The molecule has 0 saturated carbocycles. The smallest absolute Gasteiger partial charge is 0.255 e. The van der Waals surface area contributed by atoms with Crippen LogP contribution in [0, 0.1) is 0 Å². The molecule has 6 heteroatoms. The van der Waals surface area contributed by atoms with Gasteiger partial charge in [-0.05, 0) is 49.0 Å². The second-order valence-electron chi connectivity index (χ2n) is 6.05. The summed E-state index contributed by atoms with van der Waals surface area (Å²) in [5.74, 6) is -0.183. The summed E-state index contributed by atoms with van der Waals surface area (Å²) < 4.78 is 0. The van der Waals surface area contributed by atoms with Crippen LogP contribution in [0.1, 0.15) is 17.3 Å². The molecular formula is C19H21Cl2N3O. The Labute approximate surface area is 158 Å². The van der Waals surface area contributed by atoms with Crippen molar-refractivity contribution in [2.24, 2.45) is 0 Å². The number of piperazine rings is 1. The number of nitrogens with zero attached hydrogens (tertiary/aromatic N) is 2. The SMILES string of the molecule is CCN1CCN(c2ccc(NC(=O)c3ccc(Cl)cc3)cc2Cl)CC1. The van der Waals surface area contributed by atoms with Crippen molar-refractivity contribution < 1.29 is 4.79 Å². The van der Waals surface area contributed by atoms with E-state index in [1.807, 2.05) is 12.1 Å². The normalized spacial score (nSPS) is 15.2. The minimum absolute atomic E-state index is 0.183. The van der Waals surface area contributed by atoms with E-state index < -0.39 is 0 Å². The van der Waals surface area contributed by atoms with Crippen LogP contribution in [0.3, 0.4) is 0 Å². The molecule has 0 bridgehead atoms. The minimum Gasteiger partial charge on any atom is -0.368 e. The van der Waals surface area contributed by atoms with Gasteiger partial charge in [0.1, 0.15) is 0 Å². The number of likely N-dealkylation sites (N-methyl/N-ethyl adjacent to an activating group) is 1. The molecule has 1 fully saturated rings. The fourth-order valence-corrected chi connectivity index (χ4v) is 3.38. The summed E-state index contributed by atoms with van der Waals surface area (Å²) in [5, 5.41) is 4.13. The molecule has 0 atom stereocenters. The zero-order valence-electron chi connectivity index (χ0n) is 14.1. The molecule has 0 radical (unpaired) electrons. The number of halogens is 2. The monoisotopic (exact) mass is 377 g/mol. The second kappa shape index (κ2) is 8.09. The standard InChI is InChI=1S/C19H21Cl2N3O/c1-2-23-9-11-24(12-10-23)18-8-7-16(13-17(18)21)22-19(25)14-3-5-15(20)6-4-14/h3-8,13H,2,9-12H2,1H3,(H,22,25). The molecule has 1 aliphatic rings. The van der Waals surface area contributed by atoms with Gasteiger partial charge in [0, 0.05) is 42.5 Å². The second-order valence-corrected chi connectivity index (χ2v) is 6.89. The fourth-order valence-electron chi connectivity index (χ4n) is 2.95. The molecule has 0 aromatic heterocycles. The molecule has 1 amide bonds. The van der Waals surface area contributed by atoms with Crippen molar-refractivity contribution in [2.45, 2.75) is 6.92 Å². The Morgan fingerprint density at radius 3 is 2.32 bits per heavy atom. The third-order valence-electron chi connectivity index (χ3n) is 4.47. The van der Waals surface area contributed by atoms with Gasteiger partial charge in [-0.15, -0.1) is 0 Å². The van der Waals surface area contributed by atoms with E-state index in [0.29, 0.717) is 21.3 Å². The van der Waals surface area contributed by atoms with Crippen LogP contribution in [-0.2, 0) is 0 Å². The molecule has 2 aromatic carbocycles. The number of hydrogen-bond donors (Lipinski definition) is 1. The number of nitrogens with one attached hydrogen (secondary N) is 1. The van der Waals surface area contributed by atoms with Crippen molar-refractivity contribution in [3.8, 4) is 0 Å². The first-order valence-corrected chi connectivity index (χ1v) is 9.16. The van der Waals surface area contributed by atoms with Gasteiger partial charge < -0.3 is 15.1 Å². The van der Waals surface area contributed by atoms with Crippen molar-refractivity contribution in [3.05, 3.63) is 58.1 Å². The van der Waals surface area contributed by atoms with Crippen LogP contribution in [-0.4, -0.2) is 43.5 Å². The summed E-state index contributed by atoms with van der Waals surface area (Å²) in [5.41, 5.74) is 2.25. The fraction of sp³-hybridized carbons (Fsp3) is 0.316. The lowest BCUT2D eigenvalue weighted by Gasteiger charge is -2.36. The average molecular weight is 378 g/mol. The van der Waals surface area contributed by atoms with Crippen molar-refractivity contribution in [2.75, 3.05) is 42.9 Å². The van der Waals surface area contributed by atoms with Crippen LogP contribution in [0.15, 0.2) is 42.5 Å². The molecule has 0 unspecified atom stereocenters. The first kappa shape index (κ1) is 18.1. The molecule has 0 aliphatic carbocycles. The van der Waals surface area contributed by atoms with E-state index in [2.05, 4.69) is 22.0 Å². The number of benzene rings is 2. The van der Waals surface area contributed by atoms with Crippen LogP contribution >= 0.6 is 23.2 Å². The van der Waals surface area contributed by atoms with E-state index >= 15 is 0 Å². The zero-order valence-corrected chi connectivity index (χ0v) is 15.6. The molecule has 1 N–H and O–H groups in total. The Morgan fingerprint density at radius 2 is 1.72 bits per heavy atom. The van der Waals surface area contributed by atoms with Crippen LogP contribution in [0.4, 0.5) is 11.4 Å². The average Bonchev–Trinajstić information content (AvgIpc) is 2.62. The first-order valence-electron chi connectivity index (χ1n) is 8.40. The van der Waals surface area contributed by atoms with Gasteiger partial charge in [0.05, 0.1) is 10.7 Å². The minimum atomic E-state index is -0.183. The number of hydrogen-bond acceptors (Lipinski definition) is 3. The van der Waals surface area contributed by atoms with Crippen molar-refractivity contribution in [1.82, 2.24) is 4.90 Å². The molecule has 3 rings (SSSR count). The van der Waals surface area contributed by atoms with E-state index in [1.165, 1.54) is 0 Å². The van der Waals surface area contributed by atoms with Crippen molar-refractivity contribution >= 4 is 40.5 Å². The summed E-state index contributed by atoms with van der Waals surface area (Å²) in [6.07, 6.45) is 0. The maximum absolute atomic E-state index is 12.3. The number of carbonyl (C=O) groups is 1. The highest BCUT2D eigenvalue weighted by Gasteiger charge is 2.18. The third kappa shape index (κ3) is 4.46. The van der Waals surface area contributed by atoms with E-state index in [9.17, 15) is 4.79 Å². The Kier molecular flexibility index (Phi) is 5.84. The van der Waals surface area contributed by atoms with Gasteiger partial charge in [0.2, 0.25) is 0 Å². The molecule has 2 aromatic rings. The van der Waals surface area contributed by atoms with Gasteiger partial charge in [-0.2, -0.15) is 0 Å². The summed E-state index contributed by atoms with van der Waals surface area (Å²) in [7, 11) is 0. The van der Waals surface area contributed by atoms with Crippen LogP contribution in [0.5, 0.6) is 0 Å². The van der Waals surface area contributed by atoms with E-state index in [1.54, 1.807) is 30.3 Å². The molecule has 4 nitrogen and oxygen atoms in total. The lowest BCUT2D eigenvalue weighted by Crippen LogP contribution is -2.46. The molecule has 1 saturated heterocycles. The van der Waals surface area contributed by atoms with Gasteiger partial charge in [-0.1, -0.05) is 30.1 Å². The van der Waals surface area contributed by atoms with Crippen LogP contribution < -0.4 is 10.2 Å². The number of amides is 1. The molecule has 132 valence electrons. The van der Waals surface area contributed by atoms with Crippen molar-refractivity contribution in [1.29, 1.82) is 0 Å². The Morgan fingerprint density at radius 1 is 1.04 bits per heavy atom. The van der Waals surface area contributed by atoms with Gasteiger partial charge in [-0.3, -0.25) is 4.79 Å². The van der Waals surface area contributed by atoms with Gasteiger partial charge >= 0.3 is 0 Å². The van der Waals surface area contributed by atoms with Gasteiger partial charge in [0.25, 0.3) is 5.91 Å². The highest BCUT2D eigenvalue weighted by Crippen LogP contribution is 2.30. The van der Waals surface area contributed by atoms with E-state index in [-0.39, 0.29) is 5.91 Å². The first-order chi connectivity index (χ1) is 12.1. The van der Waals surface area contributed by atoms with Gasteiger partial charge in [-0.25, -0.2) is 0 Å². The lowest BCUT2D eigenvalue weighted by molar-refractivity contribution is 0.102. The summed E-state index contributed by atoms with van der Waals surface area (Å²) >= 11 is 12.3. The third-order valence-corrected chi connectivity index (χ3v) is 5.03. The summed E-state index contributed by atoms with van der Waals surface area (Å²) in [6, 6.07) is 12.5. The van der Waals surface area contributed by atoms with E-state index in [0.717, 1.165) is 38.4 Å². The predicted octanol–water partition coefficient (Wildman–Crippen LogP) is 4.39. The Hall–Kier alpha value is -1.75. The predicted molar refractivity (Wildman–Crippen MR) is 105 cm³/mol. The summed E-state index contributed by atoms with van der Waals surface area (Å²) in [6.45, 7) is 7.27. The van der Waals surface area contributed by atoms with Crippen LogP contribution in [0.25, 0.3) is 0 Å². The highest BCUT2D eigenvalue weighted by molar-refractivity contribution is 6.33. The molecule has 1 heterocycles. The number of anilines is 2. The topological polar surface area (TPSA) is 35.6 Å². The quantitative estimate of drug-likeness (QED) is 0.857. The molecule has 0 spiro atoms. The maximum atomic E-state index is 12.3. The van der Waals surface area contributed by atoms with Gasteiger partial charge in [0.15, 0.2) is 0 Å². The molecular weight excluding hydrogens is 357 g/mol. The van der Waals surface area contributed by atoms with Crippen LogP contribution in [0.2, 0.25) is 10.0 Å². The lowest BCUT2D eigenvalue weighted by atomic mass is 10.2. The van der Waals surface area contributed by atoms with Crippen molar-refractivity contribution in [3.63, 3.8) is 0 Å². The Bertz CT molecular complexity index is 741. The largest absolute Gasteiger partial charge is 0.368 e. The zero-order chi connectivity index (χ0) is 17.8. The number of rotatable bonds is 4. The van der Waals surface area contributed by atoms with E-state index in [4.69, 9.17) is 23.2 Å². The molecule has 1 aliphatic heterocycles. The highest BCUT2D eigenvalue weighted by atomic mass is 35.5. The Balaban J connectivity index is 1.67. The molecule has 25 heavy (non-hydrogen) atoms. The summed E-state index contributed by atoms with van der Waals surface area (Å²) in [4.78, 5) is 17.0.